The van der Waals surface area contributed by atoms with Crippen LogP contribution in [0.5, 0.6) is 0 Å². The van der Waals surface area contributed by atoms with Crippen molar-refractivity contribution in [2.24, 2.45) is 11.7 Å². The van der Waals surface area contributed by atoms with E-state index in [9.17, 15) is 0 Å². The molecule has 106 valence electrons. The molecular formula is C15H26N4. The van der Waals surface area contributed by atoms with Gasteiger partial charge in [-0.25, -0.2) is 9.97 Å². The number of hydrogen-bond donors (Lipinski definition) is 2. The summed E-state index contributed by atoms with van der Waals surface area (Å²) >= 11 is 0. The molecule has 1 aromatic rings. The molecule has 0 bridgehead atoms. The van der Waals surface area contributed by atoms with E-state index in [0.717, 1.165) is 17.9 Å². The molecule has 4 nitrogen and oxygen atoms in total. The van der Waals surface area contributed by atoms with Gasteiger partial charge in [0.05, 0.1) is 5.54 Å². The number of nitrogens with two attached hydrogens (primary N) is 1. The number of rotatable bonds is 4. The quantitative estimate of drug-likeness (QED) is 0.875. The van der Waals surface area contributed by atoms with Crippen LogP contribution in [0.3, 0.4) is 0 Å². The Morgan fingerprint density at radius 3 is 2.84 bits per heavy atom. The molecule has 1 saturated carbocycles. The van der Waals surface area contributed by atoms with Crippen LogP contribution >= 0.6 is 0 Å². The van der Waals surface area contributed by atoms with Gasteiger partial charge in [-0.2, -0.15) is 0 Å². The minimum Gasteiger partial charge on any atom is -0.363 e. The zero-order chi connectivity index (χ0) is 13.9. The number of hydrogen-bond acceptors (Lipinski definition) is 4. The molecule has 3 N–H and O–H groups in total. The molecule has 1 aliphatic carbocycles. The van der Waals surface area contributed by atoms with E-state index in [-0.39, 0.29) is 5.54 Å². The van der Waals surface area contributed by atoms with Gasteiger partial charge in [0.2, 0.25) is 0 Å². The maximum Gasteiger partial charge on any atom is 0.130 e. The first-order valence-corrected chi connectivity index (χ1v) is 7.37. The minimum atomic E-state index is 0.000846. The fourth-order valence-electron chi connectivity index (χ4n) is 2.97. The van der Waals surface area contributed by atoms with Gasteiger partial charge < -0.3 is 11.1 Å². The van der Waals surface area contributed by atoms with Crippen LogP contribution in [-0.2, 0) is 0 Å². The molecule has 2 unspecified atom stereocenters. The second-order valence-electron chi connectivity index (χ2n) is 6.11. The van der Waals surface area contributed by atoms with Crippen molar-refractivity contribution in [1.29, 1.82) is 0 Å². The topological polar surface area (TPSA) is 63.8 Å². The number of nitrogens with zero attached hydrogens (tertiary/aromatic N) is 2. The third-order valence-electron chi connectivity index (χ3n) is 4.47. The first kappa shape index (κ1) is 14.3. The van der Waals surface area contributed by atoms with E-state index >= 15 is 0 Å². The van der Waals surface area contributed by atoms with E-state index in [4.69, 9.17) is 5.73 Å². The number of nitrogens with one attached hydrogen (secondary N) is 1. The van der Waals surface area contributed by atoms with Crippen LogP contribution in [0.2, 0.25) is 0 Å². The van der Waals surface area contributed by atoms with E-state index in [0.29, 0.717) is 18.4 Å². The molecular weight excluding hydrogens is 236 g/mol. The lowest BCUT2D eigenvalue weighted by molar-refractivity contribution is 0.235. The molecule has 1 heterocycles. The maximum atomic E-state index is 6.07. The minimum absolute atomic E-state index is 0.000846. The summed E-state index contributed by atoms with van der Waals surface area (Å²) in [7, 11) is 0. The Kier molecular flexibility index (Phi) is 4.40. The molecule has 1 aromatic heterocycles. The van der Waals surface area contributed by atoms with Crippen molar-refractivity contribution in [3.05, 3.63) is 18.1 Å². The van der Waals surface area contributed by atoms with E-state index < -0.39 is 0 Å². The van der Waals surface area contributed by atoms with Gasteiger partial charge in [-0.1, -0.05) is 33.6 Å². The smallest absolute Gasteiger partial charge is 0.130 e. The molecule has 0 amide bonds. The van der Waals surface area contributed by atoms with Crippen LogP contribution in [0.1, 0.15) is 58.1 Å². The van der Waals surface area contributed by atoms with Crippen LogP contribution in [0.15, 0.2) is 12.4 Å². The molecule has 2 atom stereocenters. The summed E-state index contributed by atoms with van der Waals surface area (Å²) in [6, 6.07) is 2.06. The molecule has 0 radical (unpaired) electrons. The summed E-state index contributed by atoms with van der Waals surface area (Å²) in [6.07, 6.45) is 6.58. The normalized spacial score (nSPS) is 27.5. The van der Waals surface area contributed by atoms with Crippen molar-refractivity contribution in [2.75, 3.05) is 11.9 Å². The Labute approximate surface area is 116 Å². The zero-order valence-electron chi connectivity index (χ0n) is 12.3. The summed E-state index contributed by atoms with van der Waals surface area (Å²) < 4.78 is 0. The van der Waals surface area contributed by atoms with Gasteiger partial charge in [0.15, 0.2) is 0 Å². The lowest BCUT2D eigenvalue weighted by Crippen LogP contribution is -2.52. The third kappa shape index (κ3) is 3.06. The first-order valence-electron chi connectivity index (χ1n) is 7.37. The van der Waals surface area contributed by atoms with Gasteiger partial charge in [-0.05, 0) is 24.7 Å². The van der Waals surface area contributed by atoms with Crippen molar-refractivity contribution in [3.8, 4) is 0 Å². The highest BCUT2D eigenvalue weighted by Gasteiger charge is 2.37. The van der Waals surface area contributed by atoms with Gasteiger partial charge in [-0.15, -0.1) is 0 Å². The van der Waals surface area contributed by atoms with E-state index in [1.807, 2.05) is 0 Å². The lowest BCUT2D eigenvalue weighted by atomic mass is 9.73. The molecule has 1 aliphatic rings. The average molecular weight is 262 g/mol. The average Bonchev–Trinajstić information content (AvgIpc) is 2.42. The fraction of sp³-hybridized carbons (Fsp3) is 0.733. The molecule has 0 aromatic carbocycles. The molecule has 19 heavy (non-hydrogen) atoms. The fourth-order valence-corrected chi connectivity index (χ4v) is 2.97. The third-order valence-corrected chi connectivity index (χ3v) is 4.47. The van der Waals surface area contributed by atoms with Crippen LogP contribution in [0.25, 0.3) is 0 Å². The number of aromatic nitrogens is 2. The summed E-state index contributed by atoms with van der Waals surface area (Å²) in [5.74, 6) is 1.92. The highest BCUT2D eigenvalue weighted by molar-refractivity contribution is 5.39. The molecule has 0 saturated heterocycles. The monoisotopic (exact) mass is 262 g/mol. The van der Waals surface area contributed by atoms with Crippen molar-refractivity contribution in [1.82, 2.24) is 9.97 Å². The van der Waals surface area contributed by atoms with Crippen molar-refractivity contribution in [3.63, 3.8) is 0 Å². The van der Waals surface area contributed by atoms with Crippen molar-refractivity contribution < 1.29 is 0 Å². The van der Waals surface area contributed by atoms with E-state index in [2.05, 4.69) is 42.1 Å². The molecule has 2 rings (SSSR count). The molecule has 1 fully saturated rings. The van der Waals surface area contributed by atoms with Crippen molar-refractivity contribution in [2.45, 2.75) is 57.9 Å². The molecule has 0 spiro atoms. The van der Waals surface area contributed by atoms with Gasteiger partial charge in [-0.3, -0.25) is 0 Å². The van der Waals surface area contributed by atoms with Crippen LogP contribution in [-0.4, -0.2) is 22.1 Å². The second kappa shape index (κ2) is 5.87. The maximum absolute atomic E-state index is 6.07. The van der Waals surface area contributed by atoms with E-state index in [1.165, 1.54) is 19.3 Å². The Bertz CT molecular complexity index is 418. The van der Waals surface area contributed by atoms with Gasteiger partial charge in [0.25, 0.3) is 0 Å². The Balaban J connectivity index is 2.20. The lowest BCUT2D eigenvalue weighted by Gasteiger charge is -2.43. The van der Waals surface area contributed by atoms with Gasteiger partial charge in [0.1, 0.15) is 12.1 Å². The summed E-state index contributed by atoms with van der Waals surface area (Å²) in [5.41, 5.74) is 7.15. The second-order valence-corrected chi connectivity index (χ2v) is 6.11. The predicted octanol–water partition coefficient (Wildman–Crippen LogP) is 2.92. The Morgan fingerprint density at radius 1 is 1.42 bits per heavy atom. The summed E-state index contributed by atoms with van der Waals surface area (Å²) in [6.45, 7) is 7.25. The highest BCUT2D eigenvalue weighted by atomic mass is 15.1. The molecule has 0 aliphatic heterocycles. The Hall–Kier alpha value is -1.16. The van der Waals surface area contributed by atoms with Crippen LogP contribution in [0, 0.1) is 5.92 Å². The summed E-state index contributed by atoms with van der Waals surface area (Å²) in [4.78, 5) is 8.68. The van der Waals surface area contributed by atoms with Gasteiger partial charge in [0, 0.05) is 18.3 Å². The Morgan fingerprint density at radius 2 is 2.21 bits per heavy atom. The highest BCUT2D eigenvalue weighted by Crippen LogP contribution is 2.35. The number of anilines is 1. The SMILES string of the molecule is CC(C)c1cc(NC2(CN)CCCCC2C)ncn1. The van der Waals surface area contributed by atoms with E-state index in [1.54, 1.807) is 6.33 Å². The molecule has 4 heteroatoms. The summed E-state index contributed by atoms with van der Waals surface area (Å²) in [5, 5.41) is 3.61. The first-order chi connectivity index (χ1) is 9.07. The largest absolute Gasteiger partial charge is 0.363 e. The van der Waals surface area contributed by atoms with Crippen LogP contribution in [0.4, 0.5) is 5.82 Å². The van der Waals surface area contributed by atoms with Gasteiger partial charge >= 0.3 is 0 Å². The van der Waals surface area contributed by atoms with Crippen molar-refractivity contribution >= 4 is 5.82 Å². The standard InChI is InChI=1S/C15H26N4/c1-11(2)13-8-14(18-10-17-13)19-15(9-16)7-5-4-6-12(15)3/h8,10-12H,4-7,9,16H2,1-3H3,(H,17,18,19). The zero-order valence-corrected chi connectivity index (χ0v) is 12.3. The van der Waals surface area contributed by atoms with Crippen LogP contribution < -0.4 is 11.1 Å². The predicted molar refractivity (Wildman–Crippen MR) is 79.2 cm³/mol.